The minimum Gasteiger partial charge on any atom is -0.550 e. The molecule has 0 bridgehead atoms. The Morgan fingerprint density at radius 3 is 0.510 bits per heavy atom. The third-order valence-corrected chi connectivity index (χ3v) is 7.94. The zero-order valence-corrected chi connectivity index (χ0v) is 35.2. The van der Waals surface area contributed by atoms with E-state index in [-0.39, 0.29) is 49.6 Å². The van der Waals surface area contributed by atoms with Gasteiger partial charge in [-0.15, -0.1) is 0 Å². The van der Waals surface area contributed by atoms with Crippen LogP contribution < -0.4 is 20.4 Å². The first kappa shape index (κ1) is 57.0. The maximum atomic E-state index is 10.0. The Kier molecular flexibility index (Phi) is 62.2. The molecule has 0 rings (SSSR count). The van der Waals surface area contributed by atoms with Crippen molar-refractivity contribution in [2.45, 2.75) is 233 Å². The minimum atomic E-state index is -0.913. The monoisotopic (exact) mass is 804 g/mol. The van der Waals surface area contributed by atoms with E-state index in [1.165, 1.54) is 128 Å². The normalized spacial score (nSPS) is 9.88. The van der Waals surface area contributed by atoms with Crippen LogP contribution in [0.3, 0.4) is 0 Å². The molecule has 0 aliphatic rings. The van der Waals surface area contributed by atoms with Crippen LogP contribution in [0.4, 0.5) is 0 Å². The fraction of sp³-hybridized carbons (Fsp3) is 0.900. The molecule has 0 spiro atoms. The van der Waals surface area contributed by atoms with Crippen molar-refractivity contribution in [2.75, 3.05) is 0 Å². The number of unbranched alkanes of at least 4 members (excludes halogenated alkanes) is 24. The molecule has 0 saturated heterocycles. The average molecular weight is 804 g/mol. The van der Waals surface area contributed by atoms with Gasteiger partial charge in [0.15, 0.2) is 0 Å². The van der Waals surface area contributed by atoms with Gasteiger partial charge in [0.05, 0.1) is 0 Å². The quantitative estimate of drug-likeness (QED) is 0.0513. The van der Waals surface area contributed by atoms with Crippen molar-refractivity contribution in [3.8, 4) is 0 Å². The van der Waals surface area contributed by atoms with E-state index in [2.05, 4.69) is 27.7 Å². The largest absolute Gasteiger partial charge is 4.00 e. The number of hydrogen-bond acceptors (Lipinski definition) is 8. The van der Waals surface area contributed by atoms with Gasteiger partial charge in [-0.25, -0.2) is 0 Å². The Hall–Kier alpha value is -1.32. The first-order chi connectivity index (χ1) is 23.1. The second-order valence-corrected chi connectivity index (χ2v) is 13.0. The molecule has 9 heteroatoms. The summed E-state index contributed by atoms with van der Waals surface area (Å²) in [6.07, 6.45) is 33.4. The maximum Gasteiger partial charge on any atom is 4.00 e. The minimum absolute atomic E-state index is 0. The molecule has 0 saturated carbocycles. The topological polar surface area (TPSA) is 161 Å². The second-order valence-electron chi connectivity index (χ2n) is 13.0. The first-order valence-corrected chi connectivity index (χ1v) is 19.9. The van der Waals surface area contributed by atoms with Crippen LogP contribution in [-0.4, -0.2) is 47.8 Å². The van der Waals surface area contributed by atoms with E-state index in [1.807, 2.05) is 0 Å². The van der Waals surface area contributed by atoms with Crippen LogP contribution >= 0.6 is 0 Å². The van der Waals surface area contributed by atoms with Gasteiger partial charge in [0.1, 0.15) is 0 Å². The van der Waals surface area contributed by atoms with Gasteiger partial charge in [0, 0.05) is 23.9 Å². The molecule has 288 valence electrons. The molecule has 0 aromatic heterocycles. The zero-order chi connectivity index (χ0) is 36.9. The fourth-order valence-electron chi connectivity index (χ4n) is 4.91. The van der Waals surface area contributed by atoms with Crippen molar-refractivity contribution in [1.29, 1.82) is 0 Å². The molecule has 0 atom stereocenters. The SMILES string of the molecule is CCCCCCCCCC(=O)[O-].CCCCCCCCCC(=O)[O-].CCCCCCCCCC(=O)[O-].CCCCCCCCCC(=O)[O-].[Sn+4]. The van der Waals surface area contributed by atoms with Crippen molar-refractivity contribution in [3.05, 3.63) is 0 Å². The van der Waals surface area contributed by atoms with Crippen molar-refractivity contribution in [3.63, 3.8) is 0 Å². The van der Waals surface area contributed by atoms with Crippen molar-refractivity contribution < 1.29 is 39.6 Å². The van der Waals surface area contributed by atoms with Crippen molar-refractivity contribution >= 4 is 47.8 Å². The zero-order valence-electron chi connectivity index (χ0n) is 32.4. The summed E-state index contributed by atoms with van der Waals surface area (Å²) in [5, 5.41) is 40.1. The van der Waals surface area contributed by atoms with E-state index in [0.717, 1.165) is 51.4 Å². The third kappa shape index (κ3) is 77.5. The van der Waals surface area contributed by atoms with Crippen LogP contribution in [0.5, 0.6) is 0 Å². The number of hydrogen-bond donors (Lipinski definition) is 0. The van der Waals surface area contributed by atoms with E-state index in [1.54, 1.807) is 0 Å². The molecule has 0 aliphatic heterocycles. The van der Waals surface area contributed by atoms with Gasteiger partial charge in [0.25, 0.3) is 0 Å². The third-order valence-electron chi connectivity index (χ3n) is 7.94. The van der Waals surface area contributed by atoms with Crippen LogP contribution in [0.15, 0.2) is 0 Å². The number of carbonyl (C=O) groups is 4. The summed E-state index contributed by atoms with van der Waals surface area (Å²) in [5.74, 6) is -3.65. The Morgan fingerprint density at radius 2 is 0.388 bits per heavy atom. The van der Waals surface area contributed by atoms with Crippen LogP contribution in [-0.2, 0) is 19.2 Å². The van der Waals surface area contributed by atoms with E-state index in [0.29, 0.717) is 0 Å². The standard InChI is InChI=1S/4C10H20O2.Sn/c4*1-2-3-4-5-6-7-8-9-10(11)12;/h4*2-9H2,1H3,(H,11,12);/q;;;;+4/p-4. The van der Waals surface area contributed by atoms with E-state index in [4.69, 9.17) is 0 Å². The summed E-state index contributed by atoms with van der Waals surface area (Å²) in [4.78, 5) is 40.1. The summed E-state index contributed by atoms with van der Waals surface area (Å²) < 4.78 is 0. The van der Waals surface area contributed by atoms with Gasteiger partial charge in [-0.1, -0.05) is 182 Å². The van der Waals surface area contributed by atoms with E-state index < -0.39 is 23.9 Å². The maximum absolute atomic E-state index is 10.0. The summed E-state index contributed by atoms with van der Waals surface area (Å²) in [6.45, 7) is 8.76. The number of carboxylic acids is 4. The number of carbonyl (C=O) groups excluding carboxylic acids is 4. The molecular formula is C40H76O8Sn. The Bertz CT molecular complexity index is 561. The molecular weight excluding hydrogens is 727 g/mol. The summed E-state index contributed by atoms with van der Waals surface area (Å²) >= 11 is 0. The van der Waals surface area contributed by atoms with Gasteiger partial charge in [-0.2, -0.15) is 0 Å². The van der Waals surface area contributed by atoms with Crippen LogP contribution in [0.1, 0.15) is 233 Å². The molecule has 0 fully saturated rings. The summed E-state index contributed by atoms with van der Waals surface area (Å²) in [7, 11) is 0. The Morgan fingerprint density at radius 1 is 0.265 bits per heavy atom. The molecule has 0 aliphatic carbocycles. The smallest absolute Gasteiger partial charge is 0.550 e. The fourth-order valence-corrected chi connectivity index (χ4v) is 4.91. The molecule has 0 N–H and O–H groups in total. The van der Waals surface area contributed by atoms with E-state index in [9.17, 15) is 39.6 Å². The predicted octanol–water partition coefficient (Wildman–Crippen LogP) is 7.13. The Balaban J connectivity index is -0.000000174. The van der Waals surface area contributed by atoms with Gasteiger partial charge in [-0.05, 0) is 51.4 Å². The Labute approximate surface area is 319 Å². The summed E-state index contributed by atoms with van der Waals surface area (Å²) in [6, 6.07) is 0. The molecule has 0 unspecified atom stereocenters. The second kappa shape index (κ2) is 53.5. The van der Waals surface area contributed by atoms with Gasteiger partial charge < -0.3 is 39.6 Å². The summed E-state index contributed by atoms with van der Waals surface area (Å²) in [5.41, 5.74) is 0. The van der Waals surface area contributed by atoms with Crippen LogP contribution in [0.2, 0.25) is 0 Å². The molecule has 49 heavy (non-hydrogen) atoms. The molecule has 0 heterocycles. The molecule has 8 nitrogen and oxygen atoms in total. The van der Waals surface area contributed by atoms with Crippen LogP contribution in [0.25, 0.3) is 0 Å². The van der Waals surface area contributed by atoms with Gasteiger partial charge >= 0.3 is 23.9 Å². The van der Waals surface area contributed by atoms with E-state index >= 15 is 0 Å². The van der Waals surface area contributed by atoms with Crippen molar-refractivity contribution in [2.24, 2.45) is 0 Å². The number of carboxylic acid groups (broad SMARTS) is 4. The van der Waals surface area contributed by atoms with Gasteiger partial charge in [-0.3, -0.25) is 0 Å². The van der Waals surface area contributed by atoms with Crippen molar-refractivity contribution in [1.82, 2.24) is 0 Å². The van der Waals surface area contributed by atoms with Crippen LogP contribution in [0, 0.1) is 0 Å². The molecule has 0 amide bonds. The number of aliphatic carboxylic acids is 4. The average Bonchev–Trinajstić information content (AvgIpc) is 3.03. The molecule has 0 aromatic rings. The predicted molar refractivity (Wildman–Crippen MR) is 196 cm³/mol. The molecule has 0 aromatic carbocycles. The number of rotatable bonds is 32. The first-order valence-electron chi connectivity index (χ1n) is 19.9. The van der Waals surface area contributed by atoms with Gasteiger partial charge in [0.2, 0.25) is 0 Å². The molecule has 0 radical (unpaired) electrons.